The lowest BCUT2D eigenvalue weighted by Gasteiger charge is -2.10. The topological polar surface area (TPSA) is 39.2 Å². The van der Waals surface area contributed by atoms with E-state index in [1.54, 1.807) is 18.2 Å². The van der Waals surface area contributed by atoms with Crippen LogP contribution < -0.4 is 0 Å². The molecule has 0 aromatic carbocycles. The molecule has 0 spiro atoms. The van der Waals surface area contributed by atoms with Gasteiger partial charge in [0, 0.05) is 0 Å². The van der Waals surface area contributed by atoms with Crippen LogP contribution in [-0.4, -0.2) is 17.1 Å². The van der Waals surface area contributed by atoms with E-state index < -0.39 is 0 Å². The number of pyridine rings is 1. The van der Waals surface area contributed by atoms with Crippen molar-refractivity contribution in [1.82, 2.24) is 4.98 Å². The molecule has 0 aliphatic heterocycles. The first-order chi connectivity index (χ1) is 7.25. The van der Waals surface area contributed by atoms with Gasteiger partial charge < -0.3 is 4.74 Å². The fourth-order valence-electron chi connectivity index (χ4n) is 1.74. The second-order valence-electron chi connectivity index (χ2n) is 3.66. The number of hydrogen-bond acceptors (Lipinski definition) is 3. The molecule has 4 heteroatoms. The van der Waals surface area contributed by atoms with Crippen LogP contribution in [0.2, 0.25) is 0 Å². The molecule has 0 atom stereocenters. The second kappa shape index (κ2) is 4.75. The maximum Gasteiger partial charge on any atom is 0.357 e. The Kier molecular flexibility index (Phi) is 3.36. The highest BCUT2D eigenvalue weighted by Crippen LogP contribution is 2.22. The molecular weight excluding hydrogens is 258 g/mol. The minimum atomic E-state index is -0.316. The first kappa shape index (κ1) is 10.6. The van der Waals surface area contributed by atoms with E-state index in [0.29, 0.717) is 10.3 Å². The molecule has 1 aliphatic carbocycles. The van der Waals surface area contributed by atoms with Crippen LogP contribution in [0.3, 0.4) is 0 Å². The number of carbonyl (C=O) groups is 1. The van der Waals surface area contributed by atoms with Crippen LogP contribution in [0.5, 0.6) is 0 Å². The Labute approximate surface area is 97.0 Å². The summed E-state index contributed by atoms with van der Waals surface area (Å²) in [5, 5.41) is 0. The van der Waals surface area contributed by atoms with Gasteiger partial charge >= 0.3 is 5.97 Å². The molecule has 80 valence electrons. The molecule has 0 saturated heterocycles. The summed E-state index contributed by atoms with van der Waals surface area (Å²) < 4.78 is 5.99. The van der Waals surface area contributed by atoms with E-state index in [-0.39, 0.29) is 12.1 Å². The lowest BCUT2D eigenvalue weighted by Crippen LogP contribution is -2.15. The fourth-order valence-corrected chi connectivity index (χ4v) is 2.08. The summed E-state index contributed by atoms with van der Waals surface area (Å²) in [6.07, 6.45) is 4.38. The average molecular weight is 270 g/mol. The largest absolute Gasteiger partial charge is 0.458 e. The van der Waals surface area contributed by atoms with Gasteiger partial charge in [0.1, 0.15) is 16.4 Å². The lowest BCUT2D eigenvalue weighted by atomic mass is 10.3. The molecule has 1 aromatic rings. The zero-order chi connectivity index (χ0) is 10.7. The lowest BCUT2D eigenvalue weighted by molar-refractivity contribution is 0.0310. The van der Waals surface area contributed by atoms with Gasteiger partial charge in [-0.15, -0.1) is 0 Å². The monoisotopic (exact) mass is 269 g/mol. The van der Waals surface area contributed by atoms with Crippen molar-refractivity contribution in [2.75, 3.05) is 0 Å². The van der Waals surface area contributed by atoms with Gasteiger partial charge in [0.15, 0.2) is 0 Å². The molecule has 0 unspecified atom stereocenters. The van der Waals surface area contributed by atoms with Crippen molar-refractivity contribution in [1.29, 1.82) is 0 Å². The standard InChI is InChI=1S/C11H12BrNO2/c12-10-7-3-6-9(13-10)11(14)15-8-4-1-2-5-8/h3,6-8H,1-2,4-5H2. The molecule has 1 saturated carbocycles. The third-order valence-corrected chi connectivity index (χ3v) is 2.94. The van der Waals surface area contributed by atoms with Crippen LogP contribution in [0, 0.1) is 0 Å². The number of ether oxygens (including phenoxy) is 1. The van der Waals surface area contributed by atoms with Gasteiger partial charge in [-0.05, 0) is 53.7 Å². The normalized spacial score (nSPS) is 16.6. The second-order valence-corrected chi connectivity index (χ2v) is 4.47. The van der Waals surface area contributed by atoms with Crippen molar-refractivity contribution in [3.8, 4) is 0 Å². The molecule has 1 heterocycles. The fraction of sp³-hybridized carbons (Fsp3) is 0.455. The number of aromatic nitrogens is 1. The Morgan fingerprint density at radius 3 is 2.80 bits per heavy atom. The number of hydrogen-bond donors (Lipinski definition) is 0. The van der Waals surface area contributed by atoms with Crippen molar-refractivity contribution in [2.24, 2.45) is 0 Å². The molecule has 0 N–H and O–H groups in total. The van der Waals surface area contributed by atoms with Gasteiger partial charge in [0.05, 0.1) is 0 Å². The molecule has 2 rings (SSSR count). The minimum Gasteiger partial charge on any atom is -0.458 e. The van der Waals surface area contributed by atoms with E-state index in [1.807, 2.05) is 0 Å². The van der Waals surface area contributed by atoms with Crippen LogP contribution in [0.25, 0.3) is 0 Å². The molecule has 15 heavy (non-hydrogen) atoms. The van der Waals surface area contributed by atoms with Gasteiger partial charge in [0.25, 0.3) is 0 Å². The maximum atomic E-state index is 11.6. The summed E-state index contributed by atoms with van der Waals surface area (Å²) in [5.41, 5.74) is 0.372. The van der Waals surface area contributed by atoms with Crippen molar-refractivity contribution in [2.45, 2.75) is 31.8 Å². The summed E-state index contributed by atoms with van der Waals surface area (Å²) in [4.78, 5) is 15.7. The molecule has 0 bridgehead atoms. The molecule has 1 fully saturated rings. The van der Waals surface area contributed by atoms with Crippen molar-refractivity contribution < 1.29 is 9.53 Å². The van der Waals surface area contributed by atoms with Crippen molar-refractivity contribution in [3.63, 3.8) is 0 Å². The Bertz CT molecular complexity index is 361. The van der Waals surface area contributed by atoms with E-state index in [0.717, 1.165) is 25.7 Å². The van der Waals surface area contributed by atoms with Gasteiger partial charge in [-0.25, -0.2) is 9.78 Å². The Hall–Kier alpha value is -0.900. The van der Waals surface area contributed by atoms with Crippen LogP contribution in [0.15, 0.2) is 22.8 Å². The third kappa shape index (κ3) is 2.78. The minimum absolute atomic E-state index is 0.0956. The smallest absolute Gasteiger partial charge is 0.357 e. The Morgan fingerprint density at radius 2 is 2.13 bits per heavy atom. The highest BCUT2D eigenvalue weighted by Gasteiger charge is 2.20. The van der Waals surface area contributed by atoms with Crippen molar-refractivity contribution >= 4 is 21.9 Å². The van der Waals surface area contributed by atoms with Crippen LogP contribution in [-0.2, 0) is 4.74 Å². The number of halogens is 1. The predicted octanol–water partition coefficient (Wildman–Crippen LogP) is 2.94. The number of esters is 1. The van der Waals surface area contributed by atoms with E-state index in [4.69, 9.17) is 4.74 Å². The third-order valence-electron chi connectivity index (χ3n) is 2.50. The number of carbonyl (C=O) groups excluding carboxylic acids is 1. The van der Waals surface area contributed by atoms with Crippen LogP contribution in [0.1, 0.15) is 36.2 Å². The first-order valence-corrected chi connectivity index (χ1v) is 5.88. The zero-order valence-electron chi connectivity index (χ0n) is 8.28. The van der Waals surface area contributed by atoms with Gasteiger partial charge in [-0.3, -0.25) is 0 Å². The molecule has 1 aromatic heterocycles. The summed E-state index contributed by atoms with van der Waals surface area (Å²) >= 11 is 3.22. The molecule has 0 radical (unpaired) electrons. The van der Waals surface area contributed by atoms with Crippen LogP contribution in [0.4, 0.5) is 0 Å². The highest BCUT2D eigenvalue weighted by atomic mass is 79.9. The van der Waals surface area contributed by atoms with Crippen molar-refractivity contribution in [3.05, 3.63) is 28.5 Å². The maximum absolute atomic E-state index is 11.6. The number of rotatable bonds is 2. The van der Waals surface area contributed by atoms with E-state index in [2.05, 4.69) is 20.9 Å². The first-order valence-electron chi connectivity index (χ1n) is 5.09. The van der Waals surface area contributed by atoms with Crippen LogP contribution >= 0.6 is 15.9 Å². The SMILES string of the molecule is O=C(OC1CCCC1)c1cccc(Br)n1. The Balaban J connectivity index is 2.01. The highest BCUT2D eigenvalue weighted by molar-refractivity contribution is 9.10. The molecule has 3 nitrogen and oxygen atoms in total. The summed E-state index contributed by atoms with van der Waals surface area (Å²) in [5.74, 6) is -0.316. The molecule has 0 amide bonds. The summed E-state index contributed by atoms with van der Waals surface area (Å²) in [6.45, 7) is 0. The number of nitrogens with zero attached hydrogens (tertiary/aromatic N) is 1. The summed E-state index contributed by atoms with van der Waals surface area (Å²) in [6, 6.07) is 5.23. The predicted molar refractivity (Wildman–Crippen MR) is 59.6 cm³/mol. The average Bonchev–Trinajstić information content (AvgIpc) is 2.70. The van der Waals surface area contributed by atoms with Gasteiger partial charge in [0.2, 0.25) is 0 Å². The van der Waals surface area contributed by atoms with E-state index >= 15 is 0 Å². The molecule has 1 aliphatic rings. The summed E-state index contributed by atoms with van der Waals surface area (Å²) in [7, 11) is 0. The van der Waals surface area contributed by atoms with Gasteiger partial charge in [-0.1, -0.05) is 6.07 Å². The van der Waals surface area contributed by atoms with Gasteiger partial charge in [-0.2, -0.15) is 0 Å². The Morgan fingerprint density at radius 1 is 1.40 bits per heavy atom. The van der Waals surface area contributed by atoms with E-state index in [9.17, 15) is 4.79 Å². The van der Waals surface area contributed by atoms with E-state index in [1.165, 1.54) is 0 Å². The zero-order valence-corrected chi connectivity index (χ0v) is 9.87. The quantitative estimate of drug-likeness (QED) is 0.612. The molecular formula is C11H12BrNO2.